The minimum atomic E-state index is -0.0794. The first-order valence-electron chi connectivity index (χ1n) is 14.3. The lowest BCUT2D eigenvalue weighted by molar-refractivity contribution is -0.158. The summed E-state index contributed by atoms with van der Waals surface area (Å²) in [5.74, 6) is 4.71. The van der Waals surface area contributed by atoms with Crippen LogP contribution in [0, 0.1) is 23.2 Å². The Bertz CT molecular complexity index is 1100. The molecule has 4 aliphatic carbocycles. The number of carbonyl (C=O) groups excluding carboxylic acids is 1. The smallest absolute Gasteiger partial charge is 0.229 e. The molecule has 36 heavy (non-hydrogen) atoms. The zero-order chi connectivity index (χ0) is 24.3. The number of aromatic nitrogens is 2. The van der Waals surface area contributed by atoms with Gasteiger partial charge in [-0.3, -0.25) is 4.79 Å². The third-order valence-corrected chi connectivity index (χ3v) is 9.97. The molecule has 6 nitrogen and oxygen atoms in total. The van der Waals surface area contributed by atoms with E-state index in [0.29, 0.717) is 12.5 Å². The molecule has 0 radical (unpaired) electrons. The number of hydrogen-bond donors (Lipinski definition) is 0. The second-order valence-corrected chi connectivity index (χ2v) is 12.3. The van der Waals surface area contributed by atoms with Gasteiger partial charge in [-0.1, -0.05) is 37.3 Å². The molecule has 0 N–H and O–H groups in total. The lowest BCUT2D eigenvalue weighted by atomic mass is 9.49. The van der Waals surface area contributed by atoms with Crippen molar-refractivity contribution in [2.24, 2.45) is 23.2 Å². The lowest BCUT2D eigenvalue weighted by Gasteiger charge is -2.56. The van der Waals surface area contributed by atoms with E-state index in [1.54, 1.807) is 0 Å². The van der Waals surface area contributed by atoms with Gasteiger partial charge in [0.2, 0.25) is 5.91 Å². The number of amides is 1. The minimum Gasteiger partial charge on any atom is -0.354 e. The average Bonchev–Trinajstić information content (AvgIpc) is 2.91. The van der Waals surface area contributed by atoms with E-state index in [4.69, 9.17) is 9.97 Å². The number of benzene rings is 1. The summed E-state index contributed by atoms with van der Waals surface area (Å²) < 4.78 is 0. The standard InChI is InChI=1S/C30H39N5O/c1-2-33-10-12-34(13-11-33)28-25-20-35(9-8-26(25)31-27(32-28)24-6-4-3-5-7-24)29(36)30-17-21-14-22(18-30)16-23(15-21)19-30/h3-7,21-23H,2,8-20H2,1H3. The Balaban J connectivity index is 1.21. The van der Waals surface area contributed by atoms with Gasteiger partial charge in [-0.2, -0.15) is 0 Å². The van der Waals surface area contributed by atoms with Crippen molar-refractivity contribution in [2.75, 3.05) is 44.2 Å². The highest BCUT2D eigenvalue weighted by molar-refractivity contribution is 5.84. The van der Waals surface area contributed by atoms with Crippen molar-refractivity contribution in [3.8, 4) is 11.4 Å². The predicted octanol–water partition coefficient (Wildman–Crippen LogP) is 4.39. The molecule has 3 heterocycles. The van der Waals surface area contributed by atoms with E-state index in [0.717, 1.165) is 106 Å². The van der Waals surface area contributed by atoms with Crippen LogP contribution in [0.4, 0.5) is 5.82 Å². The van der Waals surface area contributed by atoms with E-state index in [2.05, 4.69) is 45.9 Å². The summed E-state index contributed by atoms with van der Waals surface area (Å²) in [5.41, 5.74) is 3.33. The summed E-state index contributed by atoms with van der Waals surface area (Å²) in [7, 11) is 0. The van der Waals surface area contributed by atoms with E-state index < -0.39 is 0 Å². The number of hydrogen-bond acceptors (Lipinski definition) is 5. The van der Waals surface area contributed by atoms with E-state index >= 15 is 0 Å². The van der Waals surface area contributed by atoms with Crippen LogP contribution in [0.25, 0.3) is 11.4 Å². The third kappa shape index (κ3) is 3.84. The van der Waals surface area contributed by atoms with Gasteiger partial charge in [-0.15, -0.1) is 0 Å². The normalized spacial score (nSPS) is 31.5. The van der Waals surface area contributed by atoms with Gasteiger partial charge in [0.25, 0.3) is 0 Å². The quantitative estimate of drug-likeness (QED) is 0.643. The molecular formula is C30H39N5O. The molecule has 5 fully saturated rings. The van der Waals surface area contributed by atoms with E-state index in [1.807, 2.05) is 6.07 Å². The molecule has 0 atom stereocenters. The van der Waals surface area contributed by atoms with Crippen LogP contribution in [0.15, 0.2) is 30.3 Å². The molecule has 1 aromatic carbocycles. The summed E-state index contributed by atoms with van der Waals surface area (Å²) in [6.07, 6.45) is 8.36. The first kappa shape index (κ1) is 22.7. The molecule has 1 aromatic heterocycles. The highest BCUT2D eigenvalue weighted by Crippen LogP contribution is 2.60. The number of anilines is 1. The van der Waals surface area contributed by atoms with E-state index in [9.17, 15) is 4.79 Å². The first-order chi connectivity index (χ1) is 17.6. The lowest BCUT2D eigenvalue weighted by Crippen LogP contribution is -2.55. The van der Waals surface area contributed by atoms with Crippen molar-refractivity contribution in [2.45, 2.75) is 58.4 Å². The van der Waals surface area contributed by atoms with Crippen molar-refractivity contribution in [1.29, 1.82) is 0 Å². The molecule has 6 heteroatoms. The topological polar surface area (TPSA) is 52.6 Å². The van der Waals surface area contributed by atoms with Crippen LogP contribution in [0.1, 0.15) is 56.7 Å². The maximum atomic E-state index is 14.2. The molecule has 0 spiro atoms. The third-order valence-electron chi connectivity index (χ3n) is 9.97. The molecule has 1 saturated heterocycles. The van der Waals surface area contributed by atoms with Crippen molar-refractivity contribution in [1.82, 2.24) is 19.8 Å². The molecule has 4 saturated carbocycles. The van der Waals surface area contributed by atoms with Gasteiger partial charge in [0.05, 0.1) is 17.7 Å². The van der Waals surface area contributed by atoms with Gasteiger partial charge in [0.1, 0.15) is 5.82 Å². The molecule has 190 valence electrons. The SMILES string of the molecule is CCN1CCN(c2nc(-c3ccccc3)nc3c2CN(C(=O)C24CC5CC(CC(C5)C2)C4)CC3)CC1. The van der Waals surface area contributed by atoms with E-state index in [1.165, 1.54) is 24.8 Å². The van der Waals surface area contributed by atoms with Crippen LogP contribution < -0.4 is 4.90 Å². The molecule has 0 unspecified atom stereocenters. The number of fused-ring (bicyclic) bond motifs is 1. The monoisotopic (exact) mass is 485 g/mol. The highest BCUT2D eigenvalue weighted by atomic mass is 16.2. The van der Waals surface area contributed by atoms with Gasteiger partial charge in [0.15, 0.2) is 5.82 Å². The average molecular weight is 486 g/mol. The fraction of sp³-hybridized carbons (Fsp3) is 0.633. The Morgan fingerprint density at radius 2 is 1.58 bits per heavy atom. The van der Waals surface area contributed by atoms with Crippen LogP contribution in [0.2, 0.25) is 0 Å². The first-order valence-corrected chi connectivity index (χ1v) is 14.3. The summed E-state index contributed by atoms with van der Waals surface area (Å²) in [4.78, 5) is 31.6. The molecule has 1 amide bonds. The van der Waals surface area contributed by atoms with E-state index in [-0.39, 0.29) is 5.41 Å². The molecule has 4 bridgehead atoms. The minimum absolute atomic E-state index is 0.0794. The number of carbonyl (C=O) groups is 1. The van der Waals surface area contributed by atoms with Crippen LogP contribution in [-0.4, -0.2) is 64.9 Å². The van der Waals surface area contributed by atoms with Gasteiger partial charge in [-0.05, 0) is 62.8 Å². The Hall–Kier alpha value is -2.47. The highest BCUT2D eigenvalue weighted by Gasteiger charge is 2.55. The number of likely N-dealkylation sites (N-methyl/N-ethyl adjacent to an activating group) is 1. The predicted molar refractivity (Wildman–Crippen MR) is 142 cm³/mol. The van der Waals surface area contributed by atoms with Crippen LogP contribution in [-0.2, 0) is 17.8 Å². The molecular weight excluding hydrogens is 446 g/mol. The second-order valence-electron chi connectivity index (χ2n) is 12.3. The van der Waals surface area contributed by atoms with Crippen molar-refractivity contribution >= 4 is 11.7 Å². The van der Waals surface area contributed by atoms with Crippen molar-refractivity contribution < 1.29 is 4.79 Å². The van der Waals surface area contributed by atoms with Gasteiger partial charge >= 0.3 is 0 Å². The number of piperazine rings is 1. The summed E-state index contributed by atoms with van der Waals surface area (Å²) in [6.45, 7) is 8.89. The molecule has 8 rings (SSSR count). The largest absolute Gasteiger partial charge is 0.354 e. The zero-order valence-corrected chi connectivity index (χ0v) is 21.7. The van der Waals surface area contributed by atoms with Gasteiger partial charge < -0.3 is 14.7 Å². The molecule has 2 aliphatic heterocycles. The Morgan fingerprint density at radius 3 is 2.22 bits per heavy atom. The fourth-order valence-electron chi connectivity index (χ4n) is 8.53. The maximum absolute atomic E-state index is 14.2. The number of nitrogens with zero attached hydrogens (tertiary/aromatic N) is 5. The van der Waals surface area contributed by atoms with Crippen molar-refractivity contribution in [3.05, 3.63) is 41.6 Å². The van der Waals surface area contributed by atoms with Crippen LogP contribution in [0.3, 0.4) is 0 Å². The van der Waals surface area contributed by atoms with Crippen LogP contribution in [0.5, 0.6) is 0 Å². The summed E-state index contributed by atoms with van der Waals surface area (Å²) >= 11 is 0. The zero-order valence-electron chi connectivity index (χ0n) is 21.7. The van der Waals surface area contributed by atoms with Gasteiger partial charge in [0, 0.05) is 50.3 Å². The molecule has 6 aliphatic rings. The fourth-order valence-corrected chi connectivity index (χ4v) is 8.53. The summed E-state index contributed by atoms with van der Waals surface area (Å²) in [5, 5.41) is 0. The molecule has 2 aromatic rings. The van der Waals surface area contributed by atoms with Crippen molar-refractivity contribution in [3.63, 3.8) is 0 Å². The Labute approximate surface area is 215 Å². The Kier molecular flexibility index (Phi) is 5.57. The summed E-state index contributed by atoms with van der Waals surface area (Å²) in [6, 6.07) is 10.4. The Morgan fingerprint density at radius 1 is 0.917 bits per heavy atom. The maximum Gasteiger partial charge on any atom is 0.229 e. The van der Waals surface area contributed by atoms with Gasteiger partial charge in [-0.25, -0.2) is 9.97 Å². The second kappa shape index (κ2) is 8.83. The van der Waals surface area contributed by atoms with Crippen LogP contribution >= 0.6 is 0 Å². The number of rotatable bonds is 4.